The maximum atomic E-state index is 11.9. The molecule has 0 spiro atoms. The van der Waals surface area contributed by atoms with Crippen LogP contribution in [-0.4, -0.2) is 22.8 Å². The van der Waals surface area contributed by atoms with Crippen molar-refractivity contribution in [2.24, 2.45) is 0 Å². The van der Waals surface area contributed by atoms with Crippen LogP contribution >= 0.6 is 11.6 Å². The van der Waals surface area contributed by atoms with Crippen molar-refractivity contribution in [3.63, 3.8) is 0 Å². The van der Waals surface area contributed by atoms with Gasteiger partial charge in [-0.15, -0.1) is 0 Å². The molecule has 2 aromatic rings. The van der Waals surface area contributed by atoms with Crippen LogP contribution in [0.15, 0.2) is 41.3 Å². The van der Waals surface area contributed by atoms with Gasteiger partial charge < -0.3 is 10.1 Å². The lowest BCUT2D eigenvalue weighted by molar-refractivity contribution is -0.117. The van der Waals surface area contributed by atoms with Gasteiger partial charge in [0.1, 0.15) is 12.3 Å². The minimum atomic E-state index is -0.397. The first-order chi connectivity index (χ1) is 9.60. The van der Waals surface area contributed by atoms with Crippen LogP contribution in [0.2, 0.25) is 5.02 Å². The van der Waals surface area contributed by atoms with Gasteiger partial charge in [-0.25, -0.2) is 4.68 Å². The summed E-state index contributed by atoms with van der Waals surface area (Å²) in [5.74, 6) is 0.0856. The number of nitrogens with one attached hydrogen (secondary N) is 1. The van der Waals surface area contributed by atoms with Gasteiger partial charge in [-0.1, -0.05) is 11.6 Å². The Morgan fingerprint density at radius 3 is 2.95 bits per heavy atom. The fraction of sp³-hybridized carbons (Fsp3) is 0.154. The van der Waals surface area contributed by atoms with Gasteiger partial charge in [-0.05, 0) is 24.3 Å². The molecule has 0 fully saturated rings. The van der Waals surface area contributed by atoms with Crippen molar-refractivity contribution in [1.82, 2.24) is 9.78 Å². The Kier molecular flexibility index (Phi) is 4.37. The first-order valence-corrected chi connectivity index (χ1v) is 6.13. The van der Waals surface area contributed by atoms with E-state index in [-0.39, 0.29) is 12.1 Å². The van der Waals surface area contributed by atoms with E-state index in [0.717, 1.165) is 4.68 Å². The zero-order chi connectivity index (χ0) is 14.5. The zero-order valence-corrected chi connectivity index (χ0v) is 11.4. The molecule has 0 aliphatic carbocycles. The third-order valence-electron chi connectivity index (χ3n) is 2.51. The number of aromatic nitrogens is 2. The van der Waals surface area contributed by atoms with Crippen LogP contribution in [0.4, 0.5) is 5.69 Å². The predicted molar refractivity (Wildman–Crippen MR) is 75.1 cm³/mol. The Morgan fingerprint density at radius 2 is 2.25 bits per heavy atom. The fourth-order valence-corrected chi connectivity index (χ4v) is 1.78. The van der Waals surface area contributed by atoms with E-state index in [1.165, 1.54) is 25.4 Å². The molecule has 0 aliphatic heterocycles. The van der Waals surface area contributed by atoms with E-state index in [9.17, 15) is 9.59 Å². The Hall–Kier alpha value is -2.34. The summed E-state index contributed by atoms with van der Waals surface area (Å²) in [5, 5.41) is 6.90. The molecule has 20 heavy (non-hydrogen) atoms. The van der Waals surface area contributed by atoms with E-state index in [1.54, 1.807) is 18.2 Å². The van der Waals surface area contributed by atoms with Crippen molar-refractivity contribution in [2.45, 2.75) is 6.54 Å². The van der Waals surface area contributed by atoms with Crippen LogP contribution in [0.3, 0.4) is 0 Å². The summed E-state index contributed by atoms with van der Waals surface area (Å²) in [4.78, 5) is 23.4. The quantitative estimate of drug-likeness (QED) is 0.928. The van der Waals surface area contributed by atoms with E-state index in [1.807, 2.05) is 0 Å². The standard InChI is InChI=1S/C13H12ClN3O3/c1-20-11-5-4-9(14)7-10(11)16-12(18)8-17-13(19)3-2-6-15-17/h2-7H,8H2,1H3,(H,16,18). The Morgan fingerprint density at radius 1 is 1.45 bits per heavy atom. The number of hydrogen-bond acceptors (Lipinski definition) is 4. The highest BCUT2D eigenvalue weighted by molar-refractivity contribution is 6.31. The Labute approximate surface area is 119 Å². The van der Waals surface area contributed by atoms with Crippen LogP contribution in [0.1, 0.15) is 0 Å². The summed E-state index contributed by atoms with van der Waals surface area (Å²) in [6.45, 7) is -0.185. The minimum absolute atomic E-state index is 0.185. The minimum Gasteiger partial charge on any atom is -0.495 e. The van der Waals surface area contributed by atoms with Crippen molar-refractivity contribution in [3.8, 4) is 5.75 Å². The third-order valence-corrected chi connectivity index (χ3v) is 2.75. The van der Waals surface area contributed by atoms with Crippen molar-refractivity contribution >= 4 is 23.2 Å². The molecule has 7 heteroatoms. The Balaban J connectivity index is 2.14. The maximum absolute atomic E-state index is 11.9. The van der Waals surface area contributed by atoms with Crippen molar-refractivity contribution in [1.29, 1.82) is 0 Å². The fourth-order valence-electron chi connectivity index (χ4n) is 1.61. The van der Waals surface area contributed by atoms with E-state index in [0.29, 0.717) is 16.5 Å². The van der Waals surface area contributed by atoms with Gasteiger partial charge in [0.2, 0.25) is 5.91 Å². The summed E-state index contributed by atoms with van der Waals surface area (Å²) < 4.78 is 6.18. The third kappa shape index (κ3) is 3.36. The summed E-state index contributed by atoms with van der Waals surface area (Å²) in [7, 11) is 1.49. The van der Waals surface area contributed by atoms with Crippen LogP contribution in [0.5, 0.6) is 5.75 Å². The van der Waals surface area contributed by atoms with Gasteiger partial charge in [0, 0.05) is 17.3 Å². The van der Waals surface area contributed by atoms with Crippen LogP contribution in [0, 0.1) is 0 Å². The molecule has 0 saturated heterocycles. The molecule has 1 heterocycles. The molecular formula is C13H12ClN3O3. The van der Waals surface area contributed by atoms with Gasteiger partial charge in [0.15, 0.2) is 0 Å². The molecule has 0 radical (unpaired) electrons. The molecule has 1 aromatic carbocycles. The molecule has 1 N–H and O–H groups in total. The molecule has 0 unspecified atom stereocenters. The zero-order valence-electron chi connectivity index (χ0n) is 10.7. The van der Waals surface area contributed by atoms with Gasteiger partial charge in [-0.3, -0.25) is 9.59 Å². The number of carbonyl (C=O) groups is 1. The highest BCUT2D eigenvalue weighted by atomic mass is 35.5. The number of methoxy groups -OCH3 is 1. The number of anilines is 1. The first-order valence-electron chi connectivity index (χ1n) is 5.75. The number of halogens is 1. The lowest BCUT2D eigenvalue weighted by Gasteiger charge is -2.10. The van der Waals surface area contributed by atoms with Crippen molar-refractivity contribution < 1.29 is 9.53 Å². The van der Waals surface area contributed by atoms with Gasteiger partial charge in [-0.2, -0.15) is 5.10 Å². The lowest BCUT2D eigenvalue weighted by Crippen LogP contribution is -2.28. The summed E-state index contributed by atoms with van der Waals surface area (Å²) in [6.07, 6.45) is 1.44. The number of benzene rings is 1. The maximum Gasteiger partial charge on any atom is 0.267 e. The van der Waals surface area contributed by atoms with Crippen LogP contribution < -0.4 is 15.6 Å². The molecule has 0 saturated carbocycles. The molecule has 1 aromatic heterocycles. The van der Waals surface area contributed by atoms with E-state index in [2.05, 4.69) is 10.4 Å². The molecule has 104 valence electrons. The number of nitrogens with zero attached hydrogens (tertiary/aromatic N) is 2. The smallest absolute Gasteiger partial charge is 0.267 e. The van der Waals surface area contributed by atoms with E-state index >= 15 is 0 Å². The first kappa shape index (κ1) is 14.1. The van der Waals surface area contributed by atoms with E-state index < -0.39 is 5.91 Å². The Bertz CT molecular complexity index is 685. The second-order valence-corrected chi connectivity index (χ2v) is 4.35. The van der Waals surface area contributed by atoms with Crippen molar-refractivity contribution in [2.75, 3.05) is 12.4 Å². The SMILES string of the molecule is COc1ccc(Cl)cc1NC(=O)Cn1ncccc1=O. The normalized spacial score (nSPS) is 10.1. The molecule has 0 aliphatic rings. The lowest BCUT2D eigenvalue weighted by atomic mass is 10.3. The van der Waals surface area contributed by atoms with Gasteiger partial charge in [0.05, 0.1) is 12.8 Å². The predicted octanol–water partition coefficient (Wildman–Crippen LogP) is 1.54. The summed E-state index contributed by atoms with van der Waals surface area (Å²) in [6, 6.07) is 7.71. The number of ether oxygens (including phenoxy) is 1. The molecule has 6 nitrogen and oxygen atoms in total. The van der Waals surface area contributed by atoms with Crippen LogP contribution in [0.25, 0.3) is 0 Å². The second-order valence-electron chi connectivity index (χ2n) is 3.91. The summed E-state index contributed by atoms with van der Waals surface area (Å²) >= 11 is 5.87. The van der Waals surface area contributed by atoms with Gasteiger partial charge >= 0.3 is 0 Å². The molecule has 1 amide bonds. The largest absolute Gasteiger partial charge is 0.495 e. The number of amides is 1. The highest BCUT2D eigenvalue weighted by Crippen LogP contribution is 2.27. The average Bonchev–Trinajstić information content (AvgIpc) is 2.41. The topological polar surface area (TPSA) is 73.2 Å². The number of rotatable bonds is 4. The number of hydrogen-bond donors (Lipinski definition) is 1. The van der Waals surface area contributed by atoms with E-state index in [4.69, 9.17) is 16.3 Å². The molecule has 0 bridgehead atoms. The summed E-state index contributed by atoms with van der Waals surface area (Å²) in [5.41, 5.74) is 0.0923. The highest BCUT2D eigenvalue weighted by Gasteiger charge is 2.09. The molecule has 0 atom stereocenters. The van der Waals surface area contributed by atoms with Crippen molar-refractivity contribution in [3.05, 3.63) is 51.9 Å². The monoisotopic (exact) mass is 293 g/mol. The van der Waals surface area contributed by atoms with Gasteiger partial charge in [0.25, 0.3) is 5.56 Å². The molecule has 2 rings (SSSR count). The molecular weight excluding hydrogens is 282 g/mol. The average molecular weight is 294 g/mol. The number of carbonyl (C=O) groups excluding carboxylic acids is 1. The second kappa shape index (κ2) is 6.21. The van der Waals surface area contributed by atoms with Crippen LogP contribution in [-0.2, 0) is 11.3 Å².